The first kappa shape index (κ1) is 11.9. The standard InChI is InChI=1S/C16H14O3/c17-15-16(19-12-11-18-15,13-7-3-1-4-8-13)14-9-5-2-6-10-14/h1-10H,11-12H2. The van der Waals surface area contributed by atoms with Crippen LogP contribution in [0.4, 0.5) is 0 Å². The maximum Gasteiger partial charge on any atom is 0.347 e. The van der Waals surface area contributed by atoms with Crippen molar-refractivity contribution in [3.8, 4) is 0 Å². The van der Waals surface area contributed by atoms with E-state index in [1.807, 2.05) is 60.7 Å². The fourth-order valence-corrected chi connectivity index (χ4v) is 2.40. The largest absolute Gasteiger partial charge is 0.461 e. The van der Waals surface area contributed by atoms with Crippen LogP contribution in [0.25, 0.3) is 0 Å². The van der Waals surface area contributed by atoms with E-state index in [1.54, 1.807) is 0 Å². The van der Waals surface area contributed by atoms with E-state index in [1.165, 1.54) is 0 Å². The zero-order valence-corrected chi connectivity index (χ0v) is 10.4. The normalized spacial score (nSPS) is 17.8. The minimum Gasteiger partial charge on any atom is -0.461 e. The van der Waals surface area contributed by atoms with Crippen LogP contribution < -0.4 is 0 Å². The van der Waals surface area contributed by atoms with Crippen LogP contribution >= 0.6 is 0 Å². The van der Waals surface area contributed by atoms with Gasteiger partial charge in [-0.05, 0) is 11.1 Å². The van der Waals surface area contributed by atoms with Gasteiger partial charge in [0, 0.05) is 0 Å². The molecule has 0 saturated carbocycles. The maximum absolute atomic E-state index is 12.4. The van der Waals surface area contributed by atoms with Crippen LogP contribution in [0.5, 0.6) is 0 Å². The molecular weight excluding hydrogens is 240 g/mol. The fourth-order valence-electron chi connectivity index (χ4n) is 2.40. The second-order valence-electron chi connectivity index (χ2n) is 4.40. The topological polar surface area (TPSA) is 35.5 Å². The highest BCUT2D eigenvalue weighted by molar-refractivity contribution is 5.86. The molecule has 0 spiro atoms. The number of hydrogen-bond donors (Lipinski definition) is 0. The van der Waals surface area contributed by atoms with Gasteiger partial charge in [-0.3, -0.25) is 0 Å². The van der Waals surface area contributed by atoms with E-state index in [0.717, 1.165) is 11.1 Å². The van der Waals surface area contributed by atoms with E-state index in [9.17, 15) is 4.79 Å². The minimum absolute atomic E-state index is 0.306. The average molecular weight is 254 g/mol. The zero-order chi connectivity index (χ0) is 13.1. The van der Waals surface area contributed by atoms with Gasteiger partial charge >= 0.3 is 5.97 Å². The molecule has 19 heavy (non-hydrogen) atoms. The Morgan fingerprint density at radius 1 is 0.789 bits per heavy atom. The summed E-state index contributed by atoms with van der Waals surface area (Å²) in [4.78, 5) is 12.4. The summed E-state index contributed by atoms with van der Waals surface area (Å²) in [5.41, 5.74) is 0.456. The van der Waals surface area contributed by atoms with Crippen molar-refractivity contribution in [2.75, 3.05) is 13.2 Å². The van der Waals surface area contributed by atoms with Crippen molar-refractivity contribution >= 4 is 5.97 Å². The van der Waals surface area contributed by atoms with E-state index in [2.05, 4.69) is 0 Å². The monoisotopic (exact) mass is 254 g/mol. The number of benzene rings is 2. The molecule has 1 aliphatic rings. The van der Waals surface area contributed by atoms with Gasteiger partial charge < -0.3 is 9.47 Å². The Morgan fingerprint density at radius 3 is 1.79 bits per heavy atom. The summed E-state index contributed by atoms with van der Waals surface area (Å²) < 4.78 is 11.1. The second-order valence-corrected chi connectivity index (χ2v) is 4.40. The SMILES string of the molecule is O=C1OCCOC1(c1ccccc1)c1ccccc1. The van der Waals surface area contributed by atoms with E-state index in [4.69, 9.17) is 9.47 Å². The molecule has 1 heterocycles. The van der Waals surface area contributed by atoms with Gasteiger partial charge in [-0.1, -0.05) is 60.7 Å². The smallest absolute Gasteiger partial charge is 0.347 e. The molecule has 0 atom stereocenters. The summed E-state index contributed by atoms with van der Waals surface area (Å²) in [6.45, 7) is 0.704. The molecule has 0 aromatic heterocycles. The first-order valence-corrected chi connectivity index (χ1v) is 6.26. The first-order chi connectivity index (χ1) is 9.34. The van der Waals surface area contributed by atoms with E-state index < -0.39 is 5.60 Å². The van der Waals surface area contributed by atoms with Gasteiger partial charge in [0.1, 0.15) is 6.61 Å². The van der Waals surface area contributed by atoms with Gasteiger partial charge in [-0.25, -0.2) is 4.79 Å². The first-order valence-electron chi connectivity index (χ1n) is 6.26. The van der Waals surface area contributed by atoms with Crippen LogP contribution in [-0.4, -0.2) is 19.2 Å². The summed E-state index contributed by atoms with van der Waals surface area (Å²) in [6.07, 6.45) is 0. The summed E-state index contributed by atoms with van der Waals surface area (Å²) in [7, 11) is 0. The van der Waals surface area contributed by atoms with Gasteiger partial charge in [0.25, 0.3) is 0 Å². The molecule has 0 aliphatic carbocycles. The quantitative estimate of drug-likeness (QED) is 0.772. The maximum atomic E-state index is 12.4. The fraction of sp³-hybridized carbons (Fsp3) is 0.188. The highest BCUT2D eigenvalue weighted by Crippen LogP contribution is 2.36. The summed E-state index contributed by atoms with van der Waals surface area (Å²) >= 11 is 0. The lowest BCUT2D eigenvalue weighted by atomic mass is 9.85. The highest BCUT2D eigenvalue weighted by Gasteiger charge is 2.47. The van der Waals surface area contributed by atoms with Crippen LogP contribution in [0.15, 0.2) is 60.7 Å². The molecule has 1 aliphatic heterocycles. The molecule has 0 radical (unpaired) electrons. The van der Waals surface area contributed by atoms with Gasteiger partial charge in [0.05, 0.1) is 6.61 Å². The highest BCUT2D eigenvalue weighted by atomic mass is 16.6. The van der Waals surface area contributed by atoms with Gasteiger partial charge in [-0.15, -0.1) is 0 Å². The molecule has 0 unspecified atom stereocenters. The number of cyclic esters (lactones) is 1. The summed E-state index contributed by atoms with van der Waals surface area (Å²) in [5, 5.41) is 0. The predicted molar refractivity (Wildman–Crippen MR) is 70.6 cm³/mol. The number of hydrogen-bond acceptors (Lipinski definition) is 3. The Morgan fingerprint density at radius 2 is 1.32 bits per heavy atom. The number of carbonyl (C=O) groups excluding carboxylic acids is 1. The van der Waals surface area contributed by atoms with Crippen LogP contribution in [0.1, 0.15) is 11.1 Å². The molecular formula is C16H14O3. The van der Waals surface area contributed by atoms with Gasteiger partial charge in [0.2, 0.25) is 5.60 Å². The van der Waals surface area contributed by atoms with Crippen molar-refractivity contribution in [3.63, 3.8) is 0 Å². The second kappa shape index (κ2) is 4.86. The molecule has 0 N–H and O–H groups in total. The minimum atomic E-state index is -1.14. The number of esters is 1. The van der Waals surface area contributed by atoms with Crippen molar-refractivity contribution in [3.05, 3.63) is 71.8 Å². The van der Waals surface area contributed by atoms with Gasteiger partial charge in [0.15, 0.2) is 0 Å². The third-order valence-corrected chi connectivity index (χ3v) is 3.28. The van der Waals surface area contributed by atoms with Crippen molar-refractivity contribution in [1.82, 2.24) is 0 Å². The number of carbonyl (C=O) groups is 1. The number of ether oxygens (including phenoxy) is 2. The van der Waals surface area contributed by atoms with E-state index in [0.29, 0.717) is 13.2 Å². The molecule has 1 fully saturated rings. The van der Waals surface area contributed by atoms with Crippen LogP contribution in [-0.2, 0) is 19.9 Å². The summed E-state index contributed by atoms with van der Waals surface area (Å²) in [6, 6.07) is 19.0. The third-order valence-electron chi connectivity index (χ3n) is 3.28. The van der Waals surface area contributed by atoms with Gasteiger partial charge in [-0.2, -0.15) is 0 Å². The van der Waals surface area contributed by atoms with Crippen LogP contribution in [0.2, 0.25) is 0 Å². The Bertz CT molecular complexity index is 524. The molecule has 0 bridgehead atoms. The molecule has 2 aromatic carbocycles. The Balaban J connectivity index is 2.19. The lowest BCUT2D eigenvalue weighted by Gasteiger charge is -2.35. The molecule has 3 rings (SSSR count). The molecule has 3 nitrogen and oxygen atoms in total. The lowest BCUT2D eigenvalue weighted by Crippen LogP contribution is -2.46. The molecule has 1 saturated heterocycles. The molecule has 3 heteroatoms. The predicted octanol–water partition coefficient (Wildman–Crippen LogP) is 2.50. The Kier molecular flexibility index (Phi) is 3.05. The zero-order valence-electron chi connectivity index (χ0n) is 10.4. The van der Waals surface area contributed by atoms with Crippen molar-refractivity contribution in [2.45, 2.75) is 5.60 Å². The van der Waals surface area contributed by atoms with E-state index in [-0.39, 0.29) is 5.97 Å². The third kappa shape index (κ3) is 1.92. The Hall–Kier alpha value is -2.13. The van der Waals surface area contributed by atoms with Crippen molar-refractivity contribution < 1.29 is 14.3 Å². The van der Waals surface area contributed by atoms with E-state index >= 15 is 0 Å². The molecule has 96 valence electrons. The lowest BCUT2D eigenvalue weighted by molar-refractivity contribution is -0.186. The number of rotatable bonds is 2. The summed E-state index contributed by atoms with van der Waals surface area (Å²) in [5.74, 6) is -0.351. The van der Waals surface area contributed by atoms with Crippen molar-refractivity contribution in [1.29, 1.82) is 0 Å². The van der Waals surface area contributed by atoms with Crippen LogP contribution in [0, 0.1) is 0 Å². The van der Waals surface area contributed by atoms with Crippen LogP contribution in [0.3, 0.4) is 0 Å². The average Bonchev–Trinajstić information content (AvgIpc) is 2.50. The Labute approximate surface area is 111 Å². The van der Waals surface area contributed by atoms with Crippen molar-refractivity contribution in [2.24, 2.45) is 0 Å². The molecule has 0 amide bonds. The molecule has 2 aromatic rings.